The van der Waals surface area contributed by atoms with Crippen molar-refractivity contribution in [3.63, 3.8) is 0 Å². The highest BCUT2D eigenvalue weighted by Gasteiger charge is 2.27. The molecule has 2 N–H and O–H groups in total. The van der Waals surface area contributed by atoms with Crippen LogP contribution in [0, 0.1) is 0 Å². The van der Waals surface area contributed by atoms with Gasteiger partial charge in [-0.3, -0.25) is 4.79 Å². The van der Waals surface area contributed by atoms with Gasteiger partial charge in [0.1, 0.15) is 30.6 Å². The SMILES string of the molecule is CCCCOc1cc(C(=O)OCCN(CC)CC)ccc1NC(=O)[C@@H](CC1=CC=C(OCc2ccccc2)CC1)NC(=O)OC(C)(C)C. The number of anilines is 1. The second kappa shape index (κ2) is 19.5. The summed E-state index contributed by atoms with van der Waals surface area (Å²) in [6.07, 6.45) is 6.52. The van der Waals surface area contributed by atoms with Gasteiger partial charge in [-0.1, -0.05) is 69.2 Å². The number of nitrogens with one attached hydrogen (secondary N) is 2. The highest BCUT2D eigenvalue weighted by Crippen LogP contribution is 2.29. The minimum absolute atomic E-state index is 0.273. The van der Waals surface area contributed by atoms with Gasteiger partial charge in [0, 0.05) is 13.0 Å². The fraction of sp³-hybridized carbons (Fsp3) is 0.500. The summed E-state index contributed by atoms with van der Waals surface area (Å²) in [6.45, 7) is 15.0. The highest BCUT2D eigenvalue weighted by atomic mass is 16.6. The normalized spacial score (nSPS) is 13.6. The molecular weight excluding hydrogens is 610 g/mol. The molecule has 0 saturated heterocycles. The van der Waals surface area contributed by atoms with E-state index in [1.807, 2.05) is 42.5 Å². The van der Waals surface area contributed by atoms with Gasteiger partial charge in [-0.2, -0.15) is 0 Å². The average Bonchev–Trinajstić information content (AvgIpc) is 3.06. The molecule has 0 aromatic heterocycles. The number of likely N-dealkylation sites (N-methyl/N-ethyl adjacent to an activating group) is 1. The fourth-order valence-corrected chi connectivity index (χ4v) is 4.93. The van der Waals surface area contributed by atoms with Crippen molar-refractivity contribution in [2.75, 3.05) is 38.2 Å². The van der Waals surface area contributed by atoms with E-state index in [0.717, 1.165) is 42.8 Å². The van der Waals surface area contributed by atoms with Crippen LogP contribution >= 0.6 is 0 Å². The summed E-state index contributed by atoms with van der Waals surface area (Å²) in [7, 11) is 0. The van der Waals surface area contributed by atoms with Gasteiger partial charge in [0.25, 0.3) is 0 Å². The molecular formula is C38H53N3O7. The van der Waals surface area contributed by atoms with E-state index in [0.29, 0.717) is 49.6 Å². The molecule has 0 heterocycles. The lowest BCUT2D eigenvalue weighted by molar-refractivity contribution is -0.118. The van der Waals surface area contributed by atoms with Crippen LogP contribution in [0.25, 0.3) is 0 Å². The van der Waals surface area contributed by atoms with Crippen LogP contribution in [0.15, 0.2) is 72.0 Å². The molecule has 0 fully saturated rings. The Balaban J connectivity index is 1.75. The molecule has 1 aliphatic carbocycles. The molecule has 1 aliphatic rings. The first kappa shape index (κ1) is 38.1. The Hall–Kier alpha value is -4.31. The van der Waals surface area contributed by atoms with E-state index in [1.54, 1.807) is 39.0 Å². The fourth-order valence-electron chi connectivity index (χ4n) is 4.93. The minimum atomic E-state index is -0.931. The van der Waals surface area contributed by atoms with Crippen LogP contribution in [0.3, 0.4) is 0 Å². The first-order valence-corrected chi connectivity index (χ1v) is 17.0. The Bertz CT molecular complexity index is 1390. The standard InChI is InChI=1S/C38H53N3O7/c1-7-10-23-45-34-26-30(36(43)46-24-22-41(8-2)9-3)18-21-32(34)39-35(42)33(40-37(44)48-38(4,5)6)25-28-16-19-31(20-17-28)47-27-29-14-12-11-13-15-29/h11-16,18-19,21,26,33H,7-10,17,20,22-25,27H2,1-6H3,(H,39,42)(H,40,44)/t33-/m1/s1. The van der Waals surface area contributed by atoms with E-state index in [2.05, 4.69) is 36.3 Å². The van der Waals surface area contributed by atoms with Crippen molar-refractivity contribution in [3.8, 4) is 5.75 Å². The van der Waals surface area contributed by atoms with Crippen LogP contribution in [0.1, 0.15) is 89.6 Å². The second-order valence-corrected chi connectivity index (χ2v) is 12.7. The third-order valence-electron chi connectivity index (χ3n) is 7.70. The van der Waals surface area contributed by atoms with Crippen molar-refractivity contribution in [2.24, 2.45) is 0 Å². The molecule has 0 aliphatic heterocycles. The topological polar surface area (TPSA) is 115 Å². The molecule has 2 amide bonds. The average molecular weight is 664 g/mol. The molecule has 0 unspecified atom stereocenters. The maximum Gasteiger partial charge on any atom is 0.408 e. The maximum atomic E-state index is 13.8. The summed E-state index contributed by atoms with van der Waals surface area (Å²) >= 11 is 0. The Morgan fingerprint density at radius 2 is 1.67 bits per heavy atom. The summed E-state index contributed by atoms with van der Waals surface area (Å²) in [6, 6.07) is 13.9. The summed E-state index contributed by atoms with van der Waals surface area (Å²) in [5, 5.41) is 5.68. The lowest BCUT2D eigenvalue weighted by Crippen LogP contribution is -2.46. The van der Waals surface area contributed by atoms with Crippen LogP contribution in [0.2, 0.25) is 0 Å². The Morgan fingerprint density at radius 1 is 0.917 bits per heavy atom. The van der Waals surface area contributed by atoms with Crippen molar-refractivity contribution in [1.29, 1.82) is 0 Å². The van der Waals surface area contributed by atoms with Gasteiger partial charge in [0.2, 0.25) is 5.91 Å². The molecule has 48 heavy (non-hydrogen) atoms. The molecule has 10 heteroatoms. The predicted octanol–water partition coefficient (Wildman–Crippen LogP) is 7.41. The van der Waals surface area contributed by atoms with Gasteiger partial charge in [-0.25, -0.2) is 9.59 Å². The van der Waals surface area contributed by atoms with Crippen LogP contribution in [0.5, 0.6) is 5.75 Å². The van der Waals surface area contributed by atoms with Crippen molar-refractivity contribution in [3.05, 3.63) is 83.1 Å². The lowest BCUT2D eigenvalue weighted by atomic mass is 9.96. The van der Waals surface area contributed by atoms with E-state index < -0.39 is 29.6 Å². The van der Waals surface area contributed by atoms with Crippen LogP contribution in [0.4, 0.5) is 10.5 Å². The Labute approximate surface area is 285 Å². The number of carbonyl (C=O) groups excluding carboxylic acids is 3. The maximum absolute atomic E-state index is 13.8. The number of carbonyl (C=O) groups is 3. The van der Waals surface area contributed by atoms with Crippen LogP contribution in [-0.4, -0.2) is 67.4 Å². The van der Waals surface area contributed by atoms with E-state index in [9.17, 15) is 14.4 Å². The number of allylic oxidation sites excluding steroid dienone is 3. The zero-order valence-corrected chi connectivity index (χ0v) is 29.4. The number of ether oxygens (including phenoxy) is 4. The van der Waals surface area contributed by atoms with Crippen molar-refractivity contribution < 1.29 is 33.3 Å². The zero-order chi connectivity index (χ0) is 34.9. The molecule has 0 bridgehead atoms. The van der Waals surface area contributed by atoms with Gasteiger partial charge in [-0.15, -0.1) is 0 Å². The molecule has 0 saturated carbocycles. The molecule has 262 valence electrons. The number of hydrogen-bond acceptors (Lipinski definition) is 8. The third-order valence-corrected chi connectivity index (χ3v) is 7.70. The Kier molecular flexibility index (Phi) is 15.5. The summed E-state index contributed by atoms with van der Waals surface area (Å²) < 4.78 is 23.0. The van der Waals surface area contributed by atoms with Gasteiger partial charge in [0.15, 0.2) is 0 Å². The van der Waals surface area contributed by atoms with Crippen molar-refractivity contribution in [1.82, 2.24) is 10.2 Å². The number of hydrogen-bond donors (Lipinski definition) is 2. The van der Waals surface area contributed by atoms with Crippen LogP contribution in [-0.2, 0) is 25.6 Å². The van der Waals surface area contributed by atoms with E-state index in [1.165, 1.54) is 0 Å². The van der Waals surface area contributed by atoms with Crippen molar-refractivity contribution >= 4 is 23.7 Å². The predicted molar refractivity (Wildman–Crippen MR) is 188 cm³/mol. The molecule has 2 aromatic rings. The van der Waals surface area contributed by atoms with Gasteiger partial charge in [-0.05, 0) is 83.0 Å². The largest absolute Gasteiger partial charge is 0.493 e. The van der Waals surface area contributed by atoms with Gasteiger partial charge in [0.05, 0.1) is 23.6 Å². The molecule has 10 nitrogen and oxygen atoms in total. The zero-order valence-electron chi connectivity index (χ0n) is 29.4. The Morgan fingerprint density at radius 3 is 2.31 bits per heavy atom. The minimum Gasteiger partial charge on any atom is -0.493 e. The second-order valence-electron chi connectivity index (χ2n) is 12.7. The number of esters is 1. The summed E-state index contributed by atoms with van der Waals surface area (Å²) in [5.41, 5.74) is 2.05. The number of nitrogens with zero attached hydrogens (tertiary/aromatic N) is 1. The van der Waals surface area contributed by atoms with Crippen molar-refractivity contribution in [2.45, 2.75) is 91.9 Å². The van der Waals surface area contributed by atoms with Crippen LogP contribution < -0.4 is 15.4 Å². The number of benzene rings is 2. The van der Waals surface area contributed by atoms with E-state index in [-0.39, 0.29) is 13.0 Å². The number of amides is 2. The molecule has 0 spiro atoms. The monoisotopic (exact) mass is 663 g/mol. The summed E-state index contributed by atoms with van der Waals surface area (Å²) in [4.78, 5) is 41.6. The molecule has 0 radical (unpaired) electrons. The molecule has 1 atom stereocenters. The van der Waals surface area contributed by atoms with E-state index in [4.69, 9.17) is 18.9 Å². The van der Waals surface area contributed by atoms with E-state index >= 15 is 0 Å². The number of alkyl carbamates (subject to hydrolysis) is 1. The quantitative estimate of drug-likeness (QED) is 0.125. The first-order valence-electron chi connectivity index (χ1n) is 17.0. The summed E-state index contributed by atoms with van der Waals surface area (Å²) in [5.74, 6) is 0.316. The smallest absolute Gasteiger partial charge is 0.408 e. The number of unbranched alkanes of at least 4 members (excludes halogenated alkanes) is 1. The lowest BCUT2D eigenvalue weighted by Gasteiger charge is -2.25. The van der Waals surface area contributed by atoms with Gasteiger partial charge < -0.3 is 34.5 Å². The van der Waals surface area contributed by atoms with Gasteiger partial charge >= 0.3 is 12.1 Å². The highest BCUT2D eigenvalue weighted by molar-refractivity contribution is 5.99. The molecule has 3 rings (SSSR count). The first-order chi connectivity index (χ1) is 23.0. The number of rotatable bonds is 18. The third kappa shape index (κ3) is 13.4. The molecule has 2 aromatic carbocycles.